The summed E-state index contributed by atoms with van der Waals surface area (Å²) >= 11 is 3.66. The Hall–Kier alpha value is -2.71. The Morgan fingerprint density at radius 2 is 2.04 bits per heavy atom. The van der Waals surface area contributed by atoms with Crippen LogP contribution in [0.25, 0.3) is 11.3 Å². The van der Waals surface area contributed by atoms with Crippen molar-refractivity contribution in [2.45, 2.75) is 25.3 Å². The summed E-state index contributed by atoms with van der Waals surface area (Å²) in [5.41, 5.74) is 5.08. The van der Waals surface area contributed by atoms with Crippen molar-refractivity contribution in [3.05, 3.63) is 76.2 Å². The molecule has 0 bridgehead atoms. The van der Waals surface area contributed by atoms with Crippen molar-refractivity contribution in [3.63, 3.8) is 0 Å². The summed E-state index contributed by atoms with van der Waals surface area (Å²) in [5.74, 6) is 0.205. The molecule has 0 amide bonds. The number of aromatic nitrogens is 2. The number of nitrogens with zero attached hydrogens (tertiary/aromatic N) is 3. The molecule has 4 rings (SSSR count). The van der Waals surface area contributed by atoms with Gasteiger partial charge in [0, 0.05) is 22.9 Å². The fraction of sp³-hybridized carbons (Fsp3) is 0.190. The first kappa shape index (κ1) is 16.7. The Balaban J connectivity index is 1.48. The maximum absolute atomic E-state index is 12.5. The van der Waals surface area contributed by atoms with Crippen LogP contribution >= 0.6 is 15.9 Å². The van der Waals surface area contributed by atoms with Crippen LogP contribution in [0.2, 0.25) is 0 Å². The molecule has 2 aromatic carbocycles. The number of hydrogen-bond acceptors (Lipinski definition) is 3. The summed E-state index contributed by atoms with van der Waals surface area (Å²) in [6.45, 7) is 0. The molecule has 0 saturated carbocycles. The number of Topliss-reactive ketones (excluding diaryl/α,β-unsaturated/α-hetero) is 1. The van der Waals surface area contributed by atoms with E-state index in [2.05, 4.69) is 37.6 Å². The summed E-state index contributed by atoms with van der Waals surface area (Å²) in [4.78, 5) is 16.7. The second kappa shape index (κ2) is 6.89. The number of fused-ring (bicyclic) bond motifs is 3. The van der Waals surface area contributed by atoms with Crippen LogP contribution in [0, 0.1) is 11.3 Å². The summed E-state index contributed by atoms with van der Waals surface area (Å²) in [6.07, 6.45) is 5.37. The standard InChI is InChI=1S/C21H16BrN3O/c22-18-3-1-2-17-20-12-24-13-25(20)19(21(17)18)9-8-16(26)10-14-4-6-15(11-23)7-5-14/h1-7,12-13,19H,8-10H2. The molecule has 2 heterocycles. The van der Waals surface area contributed by atoms with E-state index in [1.807, 2.05) is 36.8 Å². The third-order valence-corrected chi connectivity index (χ3v) is 5.54. The summed E-state index contributed by atoms with van der Waals surface area (Å²) < 4.78 is 3.23. The van der Waals surface area contributed by atoms with E-state index in [-0.39, 0.29) is 11.8 Å². The highest BCUT2D eigenvalue weighted by Crippen LogP contribution is 2.44. The lowest BCUT2D eigenvalue weighted by molar-refractivity contribution is -0.118. The third kappa shape index (κ3) is 2.97. The molecule has 1 aromatic heterocycles. The molecule has 3 aromatic rings. The lowest BCUT2D eigenvalue weighted by Crippen LogP contribution is -2.10. The minimum atomic E-state index is 0.128. The molecule has 0 fully saturated rings. The minimum Gasteiger partial charge on any atom is -0.323 e. The van der Waals surface area contributed by atoms with Gasteiger partial charge in [-0.1, -0.05) is 40.2 Å². The van der Waals surface area contributed by atoms with Crippen LogP contribution in [0.3, 0.4) is 0 Å². The number of imidazole rings is 1. The van der Waals surface area contributed by atoms with Gasteiger partial charge in [0.2, 0.25) is 0 Å². The molecule has 1 atom stereocenters. The van der Waals surface area contributed by atoms with Crippen LogP contribution in [0.4, 0.5) is 0 Å². The SMILES string of the molecule is N#Cc1ccc(CC(=O)CCC2c3c(Br)cccc3-c3cncn32)cc1. The number of hydrogen-bond donors (Lipinski definition) is 0. The predicted molar refractivity (Wildman–Crippen MR) is 103 cm³/mol. The van der Waals surface area contributed by atoms with E-state index in [4.69, 9.17) is 5.26 Å². The molecule has 0 saturated heterocycles. The molecule has 5 heteroatoms. The molecule has 128 valence electrons. The van der Waals surface area contributed by atoms with Gasteiger partial charge in [-0.05, 0) is 35.7 Å². The number of carbonyl (C=O) groups is 1. The van der Waals surface area contributed by atoms with Crippen molar-refractivity contribution in [1.29, 1.82) is 5.26 Å². The smallest absolute Gasteiger partial charge is 0.137 e. The van der Waals surface area contributed by atoms with Crippen LogP contribution < -0.4 is 0 Å². The number of carbonyl (C=O) groups excluding carboxylic acids is 1. The van der Waals surface area contributed by atoms with Crippen LogP contribution in [-0.4, -0.2) is 15.3 Å². The normalized spacial score (nSPS) is 14.5. The molecule has 0 spiro atoms. The van der Waals surface area contributed by atoms with Crippen LogP contribution in [0.15, 0.2) is 59.5 Å². The van der Waals surface area contributed by atoms with E-state index in [1.165, 1.54) is 11.1 Å². The molecular weight excluding hydrogens is 390 g/mol. The predicted octanol–water partition coefficient (Wildman–Crippen LogP) is 4.68. The molecule has 1 aliphatic heterocycles. The summed E-state index contributed by atoms with van der Waals surface area (Å²) in [7, 11) is 0. The largest absolute Gasteiger partial charge is 0.323 e. The van der Waals surface area contributed by atoms with Crippen molar-refractivity contribution in [2.24, 2.45) is 0 Å². The maximum Gasteiger partial charge on any atom is 0.137 e. The summed E-state index contributed by atoms with van der Waals surface area (Å²) in [5, 5.41) is 8.85. The molecule has 0 N–H and O–H groups in total. The van der Waals surface area contributed by atoms with Crippen LogP contribution in [0.1, 0.15) is 35.6 Å². The van der Waals surface area contributed by atoms with Crippen molar-refractivity contribution >= 4 is 21.7 Å². The molecular formula is C21H16BrN3O. The van der Waals surface area contributed by atoms with Crippen molar-refractivity contribution < 1.29 is 4.79 Å². The minimum absolute atomic E-state index is 0.128. The number of halogens is 1. The van der Waals surface area contributed by atoms with Crippen molar-refractivity contribution in [1.82, 2.24) is 9.55 Å². The Morgan fingerprint density at radius 1 is 1.23 bits per heavy atom. The number of ketones is 1. The Bertz CT molecular complexity index is 1010. The Kier molecular flexibility index (Phi) is 4.44. The van der Waals surface area contributed by atoms with Gasteiger partial charge < -0.3 is 4.57 Å². The zero-order valence-corrected chi connectivity index (χ0v) is 15.6. The average molecular weight is 406 g/mol. The van der Waals surface area contributed by atoms with Crippen molar-refractivity contribution in [2.75, 3.05) is 0 Å². The average Bonchev–Trinajstić information content (AvgIpc) is 3.23. The van der Waals surface area contributed by atoms with Gasteiger partial charge >= 0.3 is 0 Å². The van der Waals surface area contributed by atoms with E-state index in [0.29, 0.717) is 18.4 Å². The lowest BCUT2D eigenvalue weighted by Gasteiger charge is -2.15. The second-order valence-electron chi connectivity index (χ2n) is 6.47. The van der Waals surface area contributed by atoms with Gasteiger partial charge in [0.05, 0.1) is 35.9 Å². The van der Waals surface area contributed by atoms with Gasteiger partial charge in [0.15, 0.2) is 0 Å². The van der Waals surface area contributed by atoms with E-state index in [9.17, 15) is 4.79 Å². The maximum atomic E-state index is 12.5. The number of rotatable bonds is 5. The van der Waals surface area contributed by atoms with Gasteiger partial charge in [-0.2, -0.15) is 5.26 Å². The Labute approximate surface area is 160 Å². The van der Waals surface area contributed by atoms with Gasteiger partial charge in [0.1, 0.15) is 5.78 Å². The van der Waals surface area contributed by atoms with E-state index in [0.717, 1.165) is 22.2 Å². The Morgan fingerprint density at radius 3 is 2.81 bits per heavy atom. The van der Waals surface area contributed by atoms with Crippen LogP contribution in [-0.2, 0) is 11.2 Å². The second-order valence-corrected chi connectivity index (χ2v) is 7.32. The third-order valence-electron chi connectivity index (χ3n) is 4.84. The van der Waals surface area contributed by atoms with Crippen LogP contribution in [0.5, 0.6) is 0 Å². The quantitative estimate of drug-likeness (QED) is 0.618. The first-order valence-corrected chi connectivity index (χ1v) is 9.28. The fourth-order valence-electron chi connectivity index (χ4n) is 3.59. The highest BCUT2D eigenvalue weighted by molar-refractivity contribution is 9.10. The first-order valence-electron chi connectivity index (χ1n) is 8.48. The zero-order valence-electron chi connectivity index (χ0n) is 14.0. The van der Waals surface area contributed by atoms with E-state index in [1.54, 1.807) is 12.1 Å². The van der Waals surface area contributed by atoms with Gasteiger partial charge in [-0.15, -0.1) is 0 Å². The summed E-state index contributed by atoms with van der Waals surface area (Å²) in [6, 6.07) is 15.6. The number of nitriles is 1. The topological polar surface area (TPSA) is 58.7 Å². The van der Waals surface area contributed by atoms with Gasteiger partial charge in [-0.3, -0.25) is 4.79 Å². The number of benzene rings is 2. The lowest BCUT2D eigenvalue weighted by atomic mass is 9.97. The molecule has 0 aliphatic carbocycles. The van der Waals surface area contributed by atoms with Gasteiger partial charge in [-0.25, -0.2) is 4.98 Å². The zero-order chi connectivity index (χ0) is 18.1. The molecule has 1 aliphatic rings. The monoisotopic (exact) mass is 405 g/mol. The fourth-order valence-corrected chi connectivity index (χ4v) is 4.22. The molecule has 0 radical (unpaired) electrons. The van der Waals surface area contributed by atoms with Crippen molar-refractivity contribution in [3.8, 4) is 17.3 Å². The first-order chi connectivity index (χ1) is 12.7. The van der Waals surface area contributed by atoms with E-state index < -0.39 is 0 Å². The molecule has 4 nitrogen and oxygen atoms in total. The highest BCUT2D eigenvalue weighted by Gasteiger charge is 2.30. The highest BCUT2D eigenvalue weighted by atomic mass is 79.9. The molecule has 26 heavy (non-hydrogen) atoms. The van der Waals surface area contributed by atoms with Gasteiger partial charge in [0.25, 0.3) is 0 Å². The van der Waals surface area contributed by atoms with E-state index >= 15 is 0 Å². The molecule has 1 unspecified atom stereocenters.